The Labute approximate surface area is 88.4 Å². The molecule has 0 spiro atoms. The van der Waals surface area contributed by atoms with Crippen LogP contribution in [0, 0.1) is 13.8 Å². The number of aryl methyl sites for hydroxylation is 2. The molecule has 0 aliphatic rings. The molecular weight excluding hydrogens is 188 g/mol. The van der Waals surface area contributed by atoms with Gasteiger partial charge in [0.25, 0.3) is 0 Å². The van der Waals surface area contributed by atoms with E-state index in [0.29, 0.717) is 5.69 Å². The highest BCUT2D eigenvalue weighted by Gasteiger charge is 2.06. The predicted octanol–water partition coefficient (Wildman–Crippen LogP) is 2.30. The minimum Gasteiger partial charge on any atom is -0.296 e. The number of aldehydes is 1. The quantitative estimate of drug-likeness (QED) is 0.697. The summed E-state index contributed by atoms with van der Waals surface area (Å²) in [4.78, 5) is 10.6. The van der Waals surface area contributed by atoms with Crippen molar-refractivity contribution in [3.8, 4) is 5.69 Å². The largest absolute Gasteiger partial charge is 0.296 e. The van der Waals surface area contributed by atoms with Gasteiger partial charge in [-0.05, 0) is 31.5 Å². The molecule has 76 valence electrons. The van der Waals surface area contributed by atoms with E-state index in [4.69, 9.17) is 0 Å². The van der Waals surface area contributed by atoms with E-state index in [2.05, 4.69) is 5.10 Å². The first-order valence-corrected chi connectivity index (χ1v) is 4.80. The van der Waals surface area contributed by atoms with E-state index in [1.807, 2.05) is 38.1 Å². The molecule has 0 saturated heterocycles. The summed E-state index contributed by atoms with van der Waals surface area (Å²) in [5, 5.41) is 4.21. The monoisotopic (exact) mass is 200 g/mol. The third-order valence-corrected chi connectivity index (χ3v) is 2.37. The van der Waals surface area contributed by atoms with Crippen molar-refractivity contribution in [1.29, 1.82) is 0 Å². The molecule has 1 heterocycles. The van der Waals surface area contributed by atoms with Gasteiger partial charge in [0.1, 0.15) is 5.69 Å². The first kappa shape index (κ1) is 9.65. The second-order valence-electron chi connectivity index (χ2n) is 3.53. The molecule has 3 heteroatoms. The molecule has 0 N–H and O–H groups in total. The lowest BCUT2D eigenvalue weighted by Gasteiger charge is -2.06. The van der Waals surface area contributed by atoms with Crippen molar-refractivity contribution in [3.63, 3.8) is 0 Å². The zero-order chi connectivity index (χ0) is 10.8. The summed E-state index contributed by atoms with van der Waals surface area (Å²) in [6, 6.07) is 9.74. The average molecular weight is 200 g/mol. The molecule has 0 aliphatic heterocycles. The van der Waals surface area contributed by atoms with Crippen molar-refractivity contribution >= 4 is 6.29 Å². The van der Waals surface area contributed by atoms with Gasteiger partial charge in [0.15, 0.2) is 6.29 Å². The van der Waals surface area contributed by atoms with Crippen LogP contribution in [-0.2, 0) is 0 Å². The summed E-state index contributed by atoms with van der Waals surface area (Å²) in [5.41, 5.74) is 3.59. The van der Waals surface area contributed by atoms with Gasteiger partial charge in [0.2, 0.25) is 0 Å². The van der Waals surface area contributed by atoms with Crippen LogP contribution in [0.3, 0.4) is 0 Å². The lowest BCUT2D eigenvalue weighted by molar-refractivity contribution is 0.111. The van der Waals surface area contributed by atoms with Crippen LogP contribution < -0.4 is 0 Å². The molecule has 0 unspecified atom stereocenters. The van der Waals surface area contributed by atoms with Crippen LogP contribution in [0.2, 0.25) is 0 Å². The smallest absolute Gasteiger partial charge is 0.170 e. The summed E-state index contributed by atoms with van der Waals surface area (Å²) < 4.78 is 1.79. The van der Waals surface area contributed by atoms with Gasteiger partial charge in [0.05, 0.1) is 5.69 Å². The number of aromatic nitrogens is 2. The molecule has 1 aromatic carbocycles. The molecular formula is C12H12N2O. The molecule has 0 atom stereocenters. The van der Waals surface area contributed by atoms with Gasteiger partial charge in [-0.15, -0.1) is 0 Å². The third kappa shape index (κ3) is 1.68. The van der Waals surface area contributed by atoms with Crippen molar-refractivity contribution in [2.75, 3.05) is 0 Å². The van der Waals surface area contributed by atoms with E-state index in [9.17, 15) is 4.79 Å². The Bertz CT molecular complexity index is 500. The standard InChI is InChI=1S/C12H12N2O/c1-9-5-3-4-6-12(9)14-10(2)7-11(8-15)13-14/h3-8H,1-2H3. The molecule has 3 nitrogen and oxygen atoms in total. The van der Waals surface area contributed by atoms with E-state index < -0.39 is 0 Å². The molecule has 0 bridgehead atoms. The molecule has 2 rings (SSSR count). The van der Waals surface area contributed by atoms with Gasteiger partial charge in [-0.25, -0.2) is 4.68 Å². The molecule has 15 heavy (non-hydrogen) atoms. The maximum Gasteiger partial charge on any atom is 0.170 e. The SMILES string of the molecule is Cc1ccccc1-n1nc(C=O)cc1C. The van der Waals surface area contributed by atoms with Gasteiger partial charge in [-0.3, -0.25) is 4.79 Å². The van der Waals surface area contributed by atoms with Gasteiger partial charge < -0.3 is 0 Å². The van der Waals surface area contributed by atoms with Crippen molar-refractivity contribution in [2.45, 2.75) is 13.8 Å². The number of hydrogen-bond donors (Lipinski definition) is 0. The van der Waals surface area contributed by atoms with E-state index >= 15 is 0 Å². The second kappa shape index (κ2) is 3.69. The number of nitrogens with zero attached hydrogens (tertiary/aromatic N) is 2. The lowest BCUT2D eigenvalue weighted by atomic mass is 10.2. The third-order valence-electron chi connectivity index (χ3n) is 2.37. The maximum absolute atomic E-state index is 10.6. The molecule has 0 saturated carbocycles. The number of hydrogen-bond acceptors (Lipinski definition) is 2. The Balaban J connectivity index is 2.58. The van der Waals surface area contributed by atoms with Crippen LogP contribution in [0.15, 0.2) is 30.3 Å². The van der Waals surface area contributed by atoms with Crippen molar-refractivity contribution < 1.29 is 4.79 Å². The molecule has 1 aromatic heterocycles. The molecule has 0 radical (unpaired) electrons. The van der Waals surface area contributed by atoms with Crippen LogP contribution in [-0.4, -0.2) is 16.1 Å². The second-order valence-corrected chi connectivity index (χ2v) is 3.53. The summed E-state index contributed by atoms with van der Waals surface area (Å²) in [6.45, 7) is 3.96. The summed E-state index contributed by atoms with van der Waals surface area (Å²) in [7, 11) is 0. The van der Waals surface area contributed by atoms with Crippen molar-refractivity contribution in [2.24, 2.45) is 0 Å². The lowest BCUT2D eigenvalue weighted by Crippen LogP contribution is -2.01. The van der Waals surface area contributed by atoms with Crippen molar-refractivity contribution in [1.82, 2.24) is 9.78 Å². The summed E-state index contributed by atoms with van der Waals surface area (Å²) in [6.07, 6.45) is 0.766. The van der Waals surface area contributed by atoms with Crippen LogP contribution in [0.25, 0.3) is 5.69 Å². The van der Waals surface area contributed by atoms with E-state index in [1.165, 1.54) is 0 Å². The minimum atomic E-state index is 0.468. The topological polar surface area (TPSA) is 34.9 Å². The average Bonchev–Trinajstić information content (AvgIpc) is 2.60. The highest BCUT2D eigenvalue weighted by Crippen LogP contribution is 2.15. The fourth-order valence-electron chi connectivity index (χ4n) is 1.60. The normalized spacial score (nSPS) is 10.3. The first-order chi connectivity index (χ1) is 7.22. The van der Waals surface area contributed by atoms with Gasteiger partial charge in [0, 0.05) is 5.69 Å². The van der Waals surface area contributed by atoms with Crippen LogP contribution >= 0.6 is 0 Å². The van der Waals surface area contributed by atoms with Gasteiger partial charge >= 0.3 is 0 Å². The molecule has 2 aromatic rings. The number of benzene rings is 1. The highest BCUT2D eigenvalue weighted by atomic mass is 16.1. The van der Waals surface area contributed by atoms with E-state index in [-0.39, 0.29) is 0 Å². The van der Waals surface area contributed by atoms with Crippen LogP contribution in [0.4, 0.5) is 0 Å². The number of rotatable bonds is 2. The van der Waals surface area contributed by atoms with Crippen molar-refractivity contribution in [3.05, 3.63) is 47.3 Å². The zero-order valence-electron chi connectivity index (χ0n) is 8.77. The maximum atomic E-state index is 10.6. The Morgan fingerprint density at radius 3 is 2.60 bits per heavy atom. The first-order valence-electron chi connectivity index (χ1n) is 4.80. The zero-order valence-corrected chi connectivity index (χ0v) is 8.77. The number of para-hydroxylation sites is 1. The summed E-state index contributed by atoms with van der Waals surface area (Å²) in [5.74, 6) is 0. The Morgan fingerprint density at radius 2 is 2.00 bits per heavy atom. The number of carbonyl (C=O) groups excluding carboxylic acids is 1. The Kier molecular flexibility index (Phi) is 2.37. The van der Waals surface area contributed by atoms with E-state index in [1.54, 1.807) is 10.7 Å². The Hall–Kier alpha value is -1.90. The fraction of sp³-hybridized carbons (Fsp3) is 0.167. The minimum absolute atomic E-state index is 0.468. The predicted molar refractivity (Wildman–Crippen MR) is 58.4 cm³/mol. The van der Waals surface area contributed by atoms with E-state index in [0.717, 1.165) is 23.2 Å². The van der Waals surface area contributed by atoms with Crippen LogP contribution in [0.1, 0.15) is 21.7 Å². The Morgan fingerprint density at radius 1 is 1.27 bits per heavy atom. The fourth-order valence-corrected chi connectivity index (χ4v) is 1.60. The summed E-state index contributed by atoms with van der Waals surface area (Å²) >= 11 is 0. The molecule has 0 aliphatic carbocycles. The number of carbonyl (C=O) groups is 1. The molecule has 0 fully saturated rings. The highest BCUT2D eigenvalue weighted by molar-refractivity contribution is 5.72. The van der Waals surface area contributed by atoms with Crippen LogP contribution in [0.5, 0.6) is 0 Å². The van der Waals surface area contributed by atoms with Gasteiger partial charge in [-0.1, -0.05) is 18.2 Å². The molecule has 0 amide bonds. The van der Waals surface area contributed by atoms with Gasteiger partial charge in [-0.2, -0.15) is 5.10 Å².